The molecule has 6 heteroatoms. The molecule has 0 aliphatic carbocycles. The van der Waals surface area contributed by atoms with Gasteiger partial charge in [0.15, 0.2) is 0 Å². The SMILES string of the molecule is Cc1cc(S(=O)(=O)N2CC(C)N(CCc3ccccc3)C(C)C2)ccc1F. The Labute approximate surface area is 161 Å². The summed E-state index contributed by atoms with van der Waals surface area (Å²) in [6.07, 6.45) is 0.944. The Kier molecular flexibility index (Phi) is 5.99. The van der Waals surface area contributed by atoms with Crippen molar-refractivity contribution in [2.24, 2.45) is 0 Å². The molecule has 3 rings (SSSR count). The highest BCUT2D eigenvalue weighted by Crippen LogP contribution is 2.24. The molecule has 1 saturated heterocycles. The molecule has 0 bridgehead atoms. The molecule has 0 N–H and O–H groups in total. The van der Waals surface area contributed by atoms with Crippen LogP contribution in [0.4, 0.5) is 4.39 Å². The molecule has 1 fully saturated rings. The monoisotopic (exact) mass is 390 g/mol. The zero-order valence-corrected chi connectivity index (χ0v) is 16.9. The largest absolute Gasteiger partial charge is 0.295 e. The molecule has 1 heterocycles. The minimum Gasteiger partial charge on any atom is -0.295 e. The van der Waals surface area contributed by atoms with Gasteiger partial charge in [0.25, 0.3) is 0 Å². The highest BCUT2D eigenvalue weighted by molar-refractivity contribution is 7.89. The van der Waals surface area contributed by atoms with E-state index in [4.69, 9.17) is 0 Å². The standard InChI is InChI=1S/C21H27FN2O2S/c1-16-13-20(9-10-21(16)22)27(25,26)23-14-17(2)24(18(3)15-23)12-11-19-7-5-4-6-8-19/h4-10,13,17-18H,11-12,14-15H2,1-3H3. The molecule has 0 radical (unpaired) electrons. The lowest BCUT2D eigenvalue weighted by atomic mass is 10.1. The van der Waals surface area contributed by atoms with E-state index < -0.39 is 10.0 Å². The Bertz CT molecular complexity index is 874. The summed E-state index contributed by atoms with van der Waals surface area (Å²) >= 11 is 0. The van der Waals surface area contributed by atoms with Gasteiger partial charge in [0.1, 0.15) is 5.82 Å². The Hall–Kier alpha value is -1.76. The third-order valence-electron chi connectivity index (χ3n) is 5.34. The van der Waals surface area contributed by atoms with Gasteiger partial charge in [-0.25, -0.2) is 12.8 Å². The van der Waals surface area contributed by atoms with Crippen molar-refractivity contribution >= 4 is 10.0 Å². The molecular formula is C21H27FN2O2S. The second kappa shape index (κ2) is 8.09. The van der Waals surface area contributed by atoms with Crippen molar-refractivity contribution in [3.05, 3.63) is 65.5 Å². The minimum absolute atomic E-state index is 0.119. The van der Waals surface area contributed by atoms with Crippen molar-refractivity contribution < 1.29 is 12.8 Å². The second-order valence-electron chi connectivity index (χ2n) is 7.40. The molecule has 0 amide bonds. The Morgan fingerprint density at radius 2 is 1.67 bits per heavy atom. The van der Waals surface area contributed by atoms with E-state index in [2.05, 4.69) is 30.9 Å². The summed E-state index contributed by atoms with van der Waals surface area (Å²) < 4.78 is 41.1. The van der Waals surface area contributed by atoms with Gasteiger partial charge in [-0.05, 0) is 56.5 Å². The van der Waals surface area contributed by atoms with Gasteiger partial charge in [0.2, 0.25) is 10.0 Å². The van der Waals surface area contributed by atoms with Gasteiger partial charge in [-0.1, -0.05) is 30.3 Å². The number of rotatable bonds is 5. The van der Waals surface area contributed by atoms with Crippen LogP contribution in [0.3, 0.4) is 0 Å². The van der Waals surface area contributed by atoms with Crippen LogP contribution < -0.4 is 0 Å². The quantitative estimate of drug-likeness (QED) is 0.785. The molecule has 1 aliphatic rings. The van der Waals surface area contributed by atoms with Crippen LogP contribution in [0, 0.1) is 12.7 Å². The maximum atomic E-state index is 13.5. The van der Waals surface area contributed by atoms with Gasteiger partial charge < -0.3 is 0 Å². The summed E-state index contributed by atoms with van der Waals surface area (Å²) in [6.45, 7) is 7.50. The lowest BCUT2D eigenvalue weighted by Gasteiger charge is -2.43. The van der Waals surface area contributed by atoms with E-state index in [0.717, 1.165) is 13.0 Å². The average Bonchev–Trinajstić information content (AvgIpc) is 2.64. The predicted molar refractivity (Wildman–Crippen MR) is 106 cm³/mol. The minimum atomic E-state index is -3.62. The first-order valence-electron chi connectivity index (χ1n) is 9.35. The third-order valence-corrected chi connectivity index (χ3v) is 7.16. The fourth-order valence-corrected chi connectivity index (χ4v) is 5.46. The first-order chi connectivity index (χ1) is 12.8. The maximum absolute atomic E-state index is 13.5. The summed E-state index contributed by atoms with van der Waals surface area (Å²) in [7, 11) is -3.62. The average molecular weight is 391 g/mol. The van der Waals surface area contributed by atoms with Crippen molar-refractivity contribution in [2.45, 2.75) is 44.2 Å². The van der Waals surface area contributed by atoms with Crippen molar-refractivity contribution in [3.63, 3.8) is 0 Å². The Balaban J connectivity index is 1.71. The molecule has 2 unspecified atom stereocenters. The maximum Gasteiger partial charge on any atom is 0.243 e. The van der Waals surface area contributed by atoms with Gasteiger partial charge in [0, 0.05) is 31.7 Å². The van der Waals surface area contributed by atoms with Crippen LogP contribution >= 0.6 is 0 Å². The van der Waals surface area contributed by atoms with E-state index in [1.807, 2.05) is 18.2 Å². The number of halogens is 1. The van der Waals surface area contributed by atoms with Gasteiger partial charge in [-0.15, -0.1) is 0 Å². The number of piperazine rings is 1. The highest BCUT2D eigenvalue weighted by atomic mass is 32.2. The van der Waals surface area contributed by atoms with Crippen LogP contribution in [0.5, 0.6) is 0 Å². The van der Waals surface area contributed by atoms with Crippen LogP contribution in [-0.4, -0.2) is 49.3 Å². The number of benzene rings is 2. The lowest BCUT2D eigenvalue weighted by molar-refractivity contribution is 0.0784. The Morgan fingerprint density at radius 3 is 2.26 bits per heavy atom. The van der Waals surface area contributed by atoms with Crippen LogP contribution in [0.1, 0.15) is 25.0 Å². The molecule has 0 saturated carbocycles. The molecule has 0 spiro atoms. The van der Waals surface area contributed by atoms with E-state index in [0.29, 0.717) is 18.7 Å². The summed E-state index contributed by atoms with van der Waals surface area (Å²) in [6, 6.07) is 14.6. The zero-order valence-electron chi connectivity index (χ0n) is 16.1. The fourth-order valence-electron chi connectivity index (χ4n) is 3.77. The number of nitrogens with zero attached hydrogens (tertiary/aromatic N) is 2. The van der Waals surface area contributed by atoms with Crippen LogP contribution in [0.25, 0.3) is 0 Å². The number of aryl methyl sites for hydroxylation is 1. The smallest absolute Gasteiger partial charge is 0.243 e. The third kappa shape index (κ3) is 4.39. The molecule has 4 nitrogen and oxygen atoms in total. The normalized spacial score (nSPS) is 22.1. The molecule has 27 heavy (non-hydrogen) atoms. The van der Waals surface area contributed by atoms with E-state index >= 15 is 0 Å². The molecule has 1 aliphatic heterocycles. The first-order valence-corrected chi connectivity index (χ1v) is 10.8. The van der Waals surface area contributed by atoms with Gasteiger partial charge in [-0.2, -0.15) is 4.31 Å². The molecule has 2 aromatic carbocycles. The predicted octanol–water partition coefficient (Wildman–Crippen LogP) is 3.46. The van der Waals surface area contributed by atoms with Gasteiger partial charge in [0.05, 0.1) is 4.90 Å². The van der Waals surface area contributed by atoms with Crippen molar-refractivity contribution in [2.75, 3.05) is 19.6 Å². The molecule has 0 aromatic heterocycles. The lowest BCUT2D eigenvalue weighted by Crippen LogP contribution is -2.58. The van der Waals surface area contributed by atoms with E-state index in [1.165, 1.54) is 28.1 Å². The topological polar surface area (TPSA) is 40.6 Å². The fraction of sp³-hybridized carbons (Fsp3) is 0.429. The van der Waals surface area contributed by atoms with Crippen LogP contribution in [0.2, 0.25) is 0 Å². The van der Waals surface area contributed by atoms with Crippen LogP contribution in [0.15, 0.2) is 53.4 Å². The summed E-state index contributed by atoms with van der Waals surface area (Å²) in [4.78, 5) is 2.54. The van der Waals surface area contributed by atoms with Crippen molar-refractivity contribution in [3.8, 4) is 0 Å². The Morgan fingerprint density at radius 1 is 1.04 bits per heavy atom. The molecule has 2 atom stereocenters. The number of sulfonamides is 1. The van der Waals surface area contributed by atoms with Crippen LogP contribution in [-0.2, 0) is 16.4 Å². The zero-order chi connectivity index (χ0) is 19.6. The van der Waals surface area contributed by atoms with Gasteiger partial charge in [-0.3, -0.25) is 4.90 Å². The van der Waals surface area contributed by atoms with E-state index in [-0.39, 0.29) is 22.8 Å². The first kappa shape index (κ1) is 20.0. The second-order valence-corrected chi connectivity index (χ2v) is 9.34. The van der Waals surface area contributed by atoms with E-state index in [9.17, 15) is 12.8 Å². The molecule has 2 aromatic rings. The van der Waals surface area contributed by atoms with Crippen molar-refractivity contribution in [1.29, 1.82) is 0 Å². The van der Waals surface area contributed by atoms with E-state index in [1.54, 1.807) is 6.92 Å². The summed E-state index contributed by atoms with van der Waals surface area (Å²) in [5.74, 6) is -0.388. The summed E-state index contributed by atoms with van der Waals surface area (Å²) in [5.41, 5.74) is 1.63. The summed E-state index contributed by atoms with van der Waals surface area (Å²) in [5, 5.41) is 0. The molecule has 146 valence electrons. The van der Waals surface area contributed by atoms with Gasteiger partial charge >= 0.3 is 0 Å². The van der Waals surface area contributed by atoms with Crippen molar-refractivity contribution in [1.82, 2.24) is 9.21 Å². The molecular weight excluding hydrogens is 363 g/mol. The number of hydrogen-bond donors (Lipinski definition) is 0. The number of hydrogen-bond acceptors (Lipinski definition) is 3. The highest BCUT2D eigenvalue weighted by Gasteiger charge is 2.36.